The third-order valence-corrected chi connectivity index (χ3v) is 3.23. The van der Waals surface area contributed by atoms with Crippen LogP contribution in [0.5, 0.6) is 0 Å². The first-order valence-corrected chi connectivity index (χ1v) is 6.16. The number of carboxylic acids is 1. The summed E-state index contributed by atoms with van der Waals surface area (Å²) in [7, 11) is 1.93. The van der Waals surface area contributed by atoms with Gasteiger partial charge in [0.15, 0.2) is 0 Å². The van der Waals surface area contributed by atoms with E-state index in [9.17, 15) is 4.79 Å². The van der Waals surface area contributed by atoms with Gasteiger partial charge in [-0.25, -0.2) is 4.98 Å². The van der Waals surface area contributed by atoms with Crippen molar-refractivity contribution in [2.75, 3.05) is 0 Å². The maximum atomic E-state index is 10.6. The molecule has 0 saturated heterocycles. The van der Waals surface area contributed by atoms with E-state index in [0.29, 0.717) is 12.3 Å². The number of aromatic nitrogens is 2. The summed E-state index contributed by atoms with van der Waals surface area (Å²) in [5, 5.41) is 8.72. The molecular weight excluding hydrogens is 228 g/mol. The van der Waals surface area contributed by atoms with Gasteiger partial charge in [-0.05, 0) is 23.6 Å². The molecule has 1 aromatic carbocycles. The minimum Gasteiger partial charge on any atom is -0.481 e. The molecule has 18 heavy (non-hydrogen) atoms. The second-order valence-electron chi connectivity index (χ2n) is 4.88. The van der Waals surface area contributed by atoms with Gasteiger partial charge in [-0.2, -0.15) is 0 Å². The summed E-state index contributed by atoms with van der Waals surface area (Å²) in [6.07, 6.45) is 0.589. The van der Waals surface area contributed by atoms with Crippen molar-refractivity contribution >= 4 is 17.0 Å². The number of nitrogens with zero attached hydrogens (tertiary/aromatic N) is 2. The Morgan fingerprint density at radius 2 is 2.17 bits per heavy atom. The second-order valence-corrected chi connectivity index (χ2v) is 4.88. The molecule has 0 atom stereocenters. The summed E-state index contributed by atoms with van der Waals surface area (Å²) in [6, 6.07) is 6.25. The molecular formula is C14H18N2O2. The SMILES string of the molecule is CC(C)c1ccc2c(c1)nc(CCC(=O)O)n2C. The Morgan fingerprint density at radius 3 is 2.78 bits per heavy atom. The maximum Gasteiger partial charge on any atom is 0.303 e. The highest BCUT2D eigenvalue weighted by atomic mass is 16.4. The number of imidazole rings is 1. The van der Waals surface area contributed by atoms with Gasteiger partial charge in [0.05, 0.1) is 17.5 Å². The Kier molecular flexibility index (Phi) is 3.36. The zero-order valence-corrected chi connectivity index (χ0v) is 11.0. The van der Waals surface area contributed by atoms with E-state index in [2.05, 4.69) is 37.0 Å². The van der Waals surface area contributed by atoms with Crippen LogP contribution in [0, 0.1) is 0 Å². The fraction of sp³-hybridized carbons (Fsp3) is 0.429. The minimum absolute atomic E-state index is 0.119. The van der Waals surface area contributed by atoms with Crippen LogP contribution in [0.25, 0.3) is 11.0 Å². The van der Waals surface area contributed by atoms with Crippen LogP contribution in [0.1, 0.15) is 37.6 Å². The molecule has 0 spiro atoms. The minimum atomic E-state index is -0.787. The lowest BCUT2D eigenvalue weighted by Gasteiger charge is -2.04. The largest absolute Gasteiger partial charge is 0.481 e. The summed E-state index contributed by atoms with van der Waals surface area (Å²) in [5.41, 5.74) is 3.26. The molecule has 2 aromatic rings. The molecule has 0 unspecified atom stereocenters. The smallest absolute Gasteiger partial charge is 0.303 e. The van der Waals surface area contributed by atoms with E-state index in [1.807, 2.05) is 11.6 Å². The molecule has 0 aliphatic carbocycles. The fourth-order valence-electron chi connectivity index (χ4n) is 2.07. The Morgan fingerprint density at radius 1 is 1.44 bits per heavy atom. The first-order chi connectivity index (χ1) is 8.49. The zero-order chi connectivity index (χ0) is 13.3. The van der Waals surface area contributed by atoms with Crippen LogP contribution in [0.3, 0.4) is 0 Å². The number of hydrogen-bond donors (Lipinski definition) is 1. The van der Waals surface area contributed by atoms with Gasteiger partial charge >= 0.3 is 5.97 Å². The van der Waals surface area contributed by atoms with Gasteiger partial charge in [0.25, 0.3) is 0 Å². The molecule has 4 nitrogen and oxygen atoms in total. The van der Waals surface area contributed by atoms with Gasteiger partial charge in [0, 0.05) is 13.5 Å². The number of benzene rings is 1. The summed E-state index contributed by atoms with van der Waals surface area (Å²) in [4.78, 5) is 15.1. The van der Waals surface area contributed by atoms with Gasteiger partial charge < -0.3 is 9.67 Å². The van der Waals surface area contributed by atoms with Gasteiger partial charge in [-0.3, -0.25) is 4.79 Å². The van der Waals surface area contributed by atoms with Gasteiger partial charge in [-0.1, -0.05) is 19.9 Å². The van der Waals surface area contributed by atoms with Crippen LogP contribution in [0.4, 0.5) is 0 Å². The lowest BCUT2D eigenvalue weighted by molar-refractivity contribution is -0.137. The van der Waals surface area contributed by atoms with E-state index in [1.54, 1.807) is 0 Å². The molecule has 0 aliphatic heterocycles. The molecule has 0 amide bonds. The molecule has 0 aliphatic rings. The molecule has 4 heteroatoms. The van der Waals surface area contributed by atoms with E-state index >= 15 is 0 Å². The Bertz CT molecular complexity index is 585. The van der Waals surface area contributed by atoms with Gasteiger partial charge in [0.2, 0.25) is 0 Å². The molecule has 0 bridgehead atoms. The van der Waals surface area contributed by atoms with E-state index in [0.717, 1.165) is 16.9 Å². The third-order valence-electron chi connectivity index (χ3n) is 3.23. The van der Waals surface area contributed by atoms with Crippen molar-refractivity contribution < 1.29 is 9.90 Å². The maximum absolute atomic E-state index is 10.6. The number of fused-ring (bicyclic) bond motifs is 1. The zero-order valence-electron chi connectivity index (χ0n) is 11.0. The normalized spacial score (nSPS) is 11.3. The number of rotatable bonds is 4. The molecule has 0 fully saturated rings. The van der Waals surface area contributed by atoms with Crippen LogP contribution in [0.15, 0.2) is 18.2 Å². The molecule has 1 aromatic heterocycles. The molecule has 1 heterocycles. The monoisotopic (exact) mass is 246 g/mol. The van der Waals surface area contributed by atoms with E-state index in [-0.39, 0.29) is 6.42 Å². The van der Waals surface area contributed by atoms with E-state index in [4.69, 9.17) is 5.11 Å². The number of carbonyl (C=O) groups is 1. The number of aryl methyl sites for hydroxylation is 2. The van der Waals surface area contributed by atoms with Crippen molar-refractivity contribution in [3.05, 3.63) is 29.6 Å². The predicted molar refractivity (Wildman–Crippen MR) is 70.8 cm³/mol. The number of hydrogen-bond acceptors (Lipinski definition) is 2. The van der Waals surface area contributed by atoms with Crippen LogP contribution in [0.2, 0.25) is 0 Å². The molecule has 0 radical (unpaired) electrons. The van der Waals surface area contributed by atoms with Crippen molar-refractivity contribution in [2.45, 2.75) is 32.6 Å². The Labute approximate surface area is 106 Å². The lowest BCUT2D eigenvalue weighted by Crippen LogP contribution is -2.03. The summed E-state index contributed by atoms with van der Waals surface area (Å²) in [6.45, 7) is 4.30. The summed E-state index contributed by atoms with van der Waals surface area (Å²) < 4.78 is 1.97. The van der Waals surface area contributed by atoms with Crippen molar-refractivity contribution in [3.8, 4) is 0 Å². The average molecular weight is 246 g/mol. The lowest BCUT2D eigenvalue weighted by atomic mass is 10.0. The Hall–Kier alpha value is -1.84. The third kappa shape index (κ3) is 2.37. The highest BCUT2D eigenvalue weighted by molar-refractivity contribution is 5.77. The predicted octanol–water partition coefficient (Wildman–Crippen LogP) is 2.71. The fourth-order valence-corrected chi connectivity index (χ4v) is 2.07. The van der Waals surface area contributed by atoms with E-state index in [1.165, 1.54) is 5.56 Å². The summed E-state index contributed by atoms with van der Waals surface area (Å²) >= 11 is 0. The van der Waals surface area contributed by atoms with Crippen LogP contribution in [-0.4, -0.2) is 20.6 Å². The highest BCUT2D eigenvalue weighted by Gasteiger charge is 2.10. The van der Waals surface area contributed by atoms with Gasteiger partial charge in [0.1, 0.15) is 5.82 Å². The van der Waals surface area contributed by atoms with Crippen molar-refractivity contribution in [3.63, 3.8) is 0 Å². The topological polar surface area (TPSA) is 55.1 Å². The van der Waals surface area contributed by atoms with Crippen molar-refractivity contribution in [2.24, 2.45) is 7.05 Å². The highest BCUT2D eigenvalue weighted by Crippen LogP contribution is 2.22. The molecule has 1 N–H and O–H groups in total. The standard InChI is InChI=1S/C14H18N2O2/c1-9(2)10-4-5-12-11(8-10)15-13(16(12)3)6-7-14(17)18/h4-5,8-9H,6-7H2,1-3H3,(H,17,18). The van der Waals surface area contributed by atoms with Crippen LogP contribution < -0.4 is 0 Å². The van der Waals surface area contributed by atoms with Crippen LogP contribution >= 0.6 is 0 Å². The number of aliphatic carboxylic acids is 1. The first kappa shape index (κ1) is 12.6. The second kappa shape index (κ2) is 4.80. The Balaban J connectivity index is 2.39. The van der Waals surface area contributed by atoms with Crippen molar-refractivity contribution in [1.82, 2.24) is 9.55 Å². The molecule has 2 rings (SSSR count). The molecule has 96 valence electrons. The van der Waals surface area contributed by atoms with E-state index < -0.39 is 5.97 Å². The first-order valence-electron chi connectivity index (χ1n) is 6.16. The number of carboxylic acid groups (broad SMARTS) is 1. The average Bonchev–Trinajstić information content (AvgIpc) is 2.63. The quantitative estimate of drug-likeness (QED) is 0.902. The molecule has 0 saturated carbocycles. The summed E-state index contributed by atoms with van der Waals surface area (Å²) in [5.74, 6) is 0.511. The van der Waals surface area contributed by atoms with Crippen LogP contribution in [-0.2, 0) is 18.3 Å². The van der Waals surface area contributed by atoms with Crippen molar-refractivity contribution in [1.29, 1.82) is 0 Å². The van der Waals surface area contributed by atoms with Gasteiger partial charge in [-0.15, -0.1) is 0 Å².